The third-order valence-electron chi connectivity index (χ3n) is 3.76. The van der Waals surface area contributed by atoms with Crippen molar-refractivity contribution in [1.82, 2.24) is 15.0 Å². The molecule has 1 aliphatic rings. The highest BCUT2D eigenvalue weighted by atomic mass is 16.7. The van der Waals surface area contributed by atoms with E-state index in [9.17, 15) is 19.2 Å². The minimum Gasteiger partial charge on any atom is -0.478 e. The molecule has 3 heterocycles. The largest absolute Gasteiger partial charge is 0.478 e. The zero-order valence-electron chi connectivity index (χ0n) is 18.4. The number of pyridine rings is 2. The van der Waals surface area contributed by atoms with Crippen molar-refractivity contribution in [2.45, 2.75) is 26.7 Å². The second-order valence-corrected chi connectivity index (χ2v) is 6.46. The number of hydrazone groups is 1. The van der Waals surface area contributed by atoms with Crippen LogP contribution in [0.4, 0.5) is 11.6 Å². The molecule has 2 amide bonds. The zero-order chi connectivity index (χ0) is 25.7. The van der Waals surface area contributed by atoms with E-state index in [1.165, 1.54) is 36.7 Å². The number of hydrogen-bond donors (Lipinski definition) is 6. The van der Waals surface area contributed by atoms with Crippen LogP contribution in [0, 0.1) is 0 Å². The first-order valence-electron chi connectivity index (χ1n) is 9.51. The smallest absolute Gasteiger partial charge is 0.365 e. The van der Waals surface area contributed by atoms with E-state index in [4.69, 9.17) is 27.5 Å². The molecule has 0 saturated carbocycles. The van der Waals surface area contributed by atoms with Gasteiger partial charge in [-0.25, -0.2) is 31.2 Å². The summed E-state index contributed by atoms with van der Waals surface area (Å²) < 4.78 is 0. The molecule has 9 N–H and O–H groups in total. The van der Waals surface area contributed by atoms with E-state index in [0.717, 1.165) is 5.71 Å². The molecule has 2 aromatic heterocycles. The molecule has 3 rings (SSSR count). The predicted molar refractivity (Wildman–Crippen MR) is 121 cm³/mol. The fourth-order valence-corrected chi connectivity index (χ4v) is 2.09. The van der Waals surface area contributed by atoms with Crippen molar-refractivity contribution in [3.63, 3.8) is 0 Å². The molecule has 15 nitrogen and oxygen atoms in total. The molecule has 1 fully saturated rings. The quantitative estimate of drug-likeness (QED) is 0.144. The SMILES string of the molecule is CC(C)=NN.NNc1ccc(C(=O)ON2C(=O)CCC2=O)cn1.NNc1ncccc1C(=O)O. The average Bonchev–Trinajstić information content (AvgIpc) is 3.16. The number of rotatable bonds is 5. The monoisotopic (exact) mass is 475 g/mol. The number of carboxylic acids is 1. The number of aromatic carboxylic acids is 1. The van der Waals surface area contributed by atoms with Crippen molar-refractivity contribution >= 4 is 41.1 Å². The van der Waals surface area contributed by atoms with Gasteiger partial charge in [0.2, 0.25) is 0 Å². The van der Waals surface area contributed by atoms with E-state index >= 15 is 0 Å². The molecular weight excluding hydrogens is 450 g/mol. The number of imide groups is 1. The lowest BCUT2D eigenvalue weighted by molar-refractivity contribution is -0.172. The van der Waals surface area contributed by atoms with Crippen molar-refractivity contribution in [3.05, 3.63) is 47.8 Å². The van der Waals surface area contributed by atoms with Crippen LogP contribution in [0.5, 0.6) is 0 Å². The molecule has 0 aliphatic carbocycles. The Kier molecular flexibility index (Phi) is 11.1. The van der Waals surface area contributed by atoms with Gasteiger partial charge in [0.25, 0.3) is 11.8 Å². The first kappa shape index (κ1) is 27.4. The Morgan fingerprint density at radius 2 is 1.71 bits per heavy atom. The highest BCUT2D eigenvalue weighted by Crippen LogP contribution is 2.14. The molecule has 15 heteroatoms. The second kappa shape index (κ2) is 13.7. The number of nitrogens with zero attached hydrogens (tertiary/aromatic N) is 4. The average molecular weight is 475 g/mol. The summed E-state index contributed by atoms with van der Waals surface area (Å²) in [7, 11) is 0. The van der Waals surface area contributed by atoms with Crippen LogP contribution >= 0.6 is 0 Å². The summed E-state index contributed by atoms with van der Waals surface area (Å²) in [5.74, 6) is 12.5. The van der Waals surface area contributed by atoms with Crippen LogP contribution in [-0.4, -0.2) is 49.6 Å². The molecule has 1 aliphatic heterocycles. The predicted octanol–water partition coefficient (Wildman–Crippen LogP) is -0.00570. The number of nitrogen functional groups attached to an aromatic ring is 2. The van der Waals surface area contributed by atoms with E-state index in [1.54, 1.807) is 0 Å². The van der Waals surface area contributed by atoms with Gasteiger partial charge >= 0.3 is 11.9 Å². The number of hydrazine groups is 2. The summed E-state index contributed by atoms with van der Waals surface area (Å²) in [4.78, 5) is 56.8. The highest BCUT2D eigenvalue weighted by Gasteiger charge is 2.33. The zero-order valence-corrected chi connectivity index (χ0v) is 18.4. The fourth-order valence-electron chi connectivity index (χ4n) is 2.09. The number of hydrogen-bond acceptors (Lipinski definition) is 13. The lowest BCUT2D eigenvalue weighted by Crippen LogP contribution is -2.32. The van der Waals surface area contributed by atoms with Gasteiger partial charge in [0.05, 0.1) is 5.56 Å². The highest BCUT2D eigenvalue weighted by molar-refractivity contribution is 6.02. The number of amides is 2. The molecule has 0 spiro atoms. The van der Waals surface area contributed by atoms with Crippen LogP contribution in [0.15, 0.2) is 41.8 Å². The lowest BCUT2D eigenvalue weighted by Gasteiger charge is -2.12. The Hall–Kier alpha value is -4.63. The van der Waals surface area contributed by atoms with E-state index in [1.807, 2.05) is 13.8 Å². The maximum atomic E-state index is 11.6. The van der Waals surface area contributed by atoms with Gasteiger partial charge in [0.15, 0.2) is 5.82 Å². The number of carboxylic acid groups (broad SMARTS) is 1. The van der Waals surface area contributed by atoms with E-state index in [-0.39, 0.29) is 29.8 Å². The van der Waals surface area contributed by atoms with Crippen LogP contribution in [0.1, 0.15) is 47.4 Å². The molecule has 1 saturated heterocycles. The van der Waals surface area contributed by atoms with Gasteiger partial charge in [0, 0.05) is 30.9 Å². The number of nitrogens with two attached hydrogens (primary N) is 3. The van der Waals surface area contributed by atoms with Crippen molar-refractivity contribution in [2.24, 2.45) is 22.6 Å². The van der Waals surface area contributed by atoms with Crippen LogP contribution in [0.2, 0.25) is 0 Å². The number of anilines is 2. The first-order valence-corrected chi connectivity index (χ1v) is 9.51. The Balaban J connectivity index is 0.000000307. The molecule has 0 aromatic carbocycles. The maximum Gasteiger partial charge on any atom is 0.365 e. The van der Waals surface area contributed by atoms with E-state index in [2.05, 4.69) is 25.9 Å². The Morgan fingerprint density at radius 1 is 1.09 bits per heavy atom. The van der Waals surface area contributed by atoms with Crippen LogP contribution in [0.25, 0.3) is 0 Å². The second-order valence-electron chi connectivity index (χ2n) is 6.46. The van der Waals surface area contributed by atoms with Crippen molar-refractivity contribution < 1.29 is 29.1 Å². The topological polar surface area (TPSA) is 241 Å². The van der Waals surface area contributed by atoms with Crippen LogP contribution < -0.4 is 28.4 Å². The molecule has 2 aromatic rings. The fraction of sp³-hybridized carbons (Fsp3) is 0.211. The maximum absolute atomic E-state index is 11.6. The van der Waals surface area contributed by atoms with Crippen molar-refractivity contribution in [3.8, 4) is 0 Å². The molecular formula is C19H25N9O6. The Morgan fingerprint density at radius 3 is 2.12 bits per heavy atom. The molecule has 34 heavy (non-hydrogen) atoms. The van der Waals surface area contributed by atoms with Gasteiger partial charge in [-0.15, -0.1) is 5.06 Å². The van der Waals surface area contributed by atoms with E-state index < -0.39 is 23.8 Å². The van der Waals surface area contributed by atoms with Gasteiger partial charge in [-0.2, -0.15) is 5.10 Å². The number of hydroxylamine groups is 2. The standard InChI is InChI=1S/C10H10N4O4.C6H7N3O2.C3H8N2/c11-13-7-2-1-6(5-12-7)10(17)18-14-8(15)3-4-9(14)16;7-9-5-4(6(10)11)2-1-3-8-5;1-3(2)5-4/h1-2,5H,3-4,11H2,(H,12,13);1-3H,7H2,(H,8,9)(H,10,11);4H2,1-2H3. The molecule has 0 bridgehead atoms. The lowest BCUT2D eigenvalue weighted by atomic mass is 10.2. The number of nitrogens with one attached hydrogen (secondary N) is 2. The third kappa shape index (κ3) is 8.48. The van der Waals surface area contributed by atoms with E-state index in [0.29, 0.717) is 10.9 Å². The number of carbonyl (C=O) groups is 4. The molecule has 0 radical (unpaired) electrons. The summed E-state index contributed by atoms with van der Waals surface area (Å²) in [6.07, 6.45) is 2.80. The Bertz CT molecular complexity index is 1020. The van der Waals surface area contributed by atoms with Crippen molar-refractivity contribution in [1.29, 1.82) is 0 Å². The first-order chi connectivity index (χ1) is 16.1. The van der Waals surface area contributed by atoms with Gasteiger partial charge in [-0.3, -0.25) is 9.59 Å². The number of carbonyl (C=O) groups excluding carboxylic acids is 3. The molecule has 0 unspecified atom stereocenters. The van der Waals surface area contributed by atoms with Crippen LogP contribution in [-0.2, 0) is 14.4 Å². The number of aromatic nitrogens is 2. The van der Waals surface area contributed by atoms with Crippen molar-refractivity contribution in [2.75, 3.05) is 10.9 Å². The summed E-state index contributed by atoms with van der Waals surface area (Å²) in [6.45, 7) is 3.69. The summed E-state index contributed by atoms with van der Waals surface area (Å²) >= 11 is 0. The van der Waals surface area contributed by atoms with Crippen LogP contribution in [0.3, 0.4) is 0 Å². The third-order valence-corrected chi connectivity index (χ3v) is 3.76. The summed E-state index contributed by atoms with van der Waals surface area (Å²) in [5.41, 5.74) is 5.57. The Labute approximate surface area is 193 Å². The minimum absolute atomic E-state index is 0.0559. The normalized spacial score (nSPS) is 11.8. The van der Waals surface area contributed by atoms with Gasteiger partial charge in [-0.1, -0.05) is 0 Å². The van der Waals surface area contributed by atoms with Gasteiger partial charge in [-0.05, 0) is 38.1 Å². The van der Waals surface area contributed by atoms with Gasteiger partial charge in [0.1, 0.15) is 11.4 Å². The molecule has 0 atom stereocenters. The summed E-state index contributed by atoms with van der Waals surface area (Å²) in [5, 5.41) is 12.4. The molecule has 182 valence electrons. The minimum atomic E-state index is -1.05. The summed E-state index contributed by atoms with van der Waals surface area (Å²) in [6, 6.07) is 5.83. The van der Waals surface area contributed by atoms with Gasteiger partial charge < -0.3 is 26.6 Å².